The van der Waals surface area contributed by atoms with Crippen LogP contribution in [0.3, 0.4) is 0 Å². The van der Waals surface area contributed by atoms with Gasteiger partial charge >= 0.3 is 0 Å². The smallest absolute Gasteiger partial charge is 0.292 e. The first-order valence-electron chi connectivity index (χ1n) is 6.57. The van der Waals surface area contributed by atoms with E-state index in [2.05, 4.69) is 5.32 Å². The number of nitriles is 1. The Balaban J connectivity index is 2.24. The number of nitro benzene ring substituents is 1. The molecule has 0 bridgehead atoms. The number of amides is 1. The largest absolute Gasteiger partial charge is 0.319 e. The van der Waals surface area contributed by atoms with Crippen molar-refractivity contribution in [3.05, 3.63) is 68.1 Å². The number of nitrogens with zero attached hydrogens (tertiary/aromatic N) is 3. The number of nitro groups is 1. The van der Waals surface area contributed by atoms with Gasteiger partial charge in [0, 0.05) is 12.3 Å². The summed E-state index contributed by atoms with van der Waals surface area (Å²) in [4.78, 5) is 34.3. The van der Waals surface area contributed by atoms with Crippen LogP contribution in [0.25, 0.3) is 0 Å². The normalized spacial score (nSPS) is 9.91. The molecule has 0 aliphatic carbocycles. The Morgan fingerprint density at radius 1 is 1.39 bits per heavy atom. The standard InChI is InChI=1S/C15H12N4O4/c1-10-6-7-18(15(21)11(10)8-16)9-14(20)17-12-4-2-3-5-13(12)19(22)23/h2-7H,9H2,1H3,(H,17,20). The van der Waals surface area contributed by atoms with Gasteiger partial charge in [0.15, 0.2) is 0 Å². The highest BCUT2D eigenvalue weighted by Crippen LogP contribution is 2.22. The van der Waals surface area contributed by atoms with Gasteiger partial charge in [0.05, 0.1) is 4.92 Å². The van der Waals surface area contributed by atoms with Crippen LogP contribution in [0, 0.1) is 28.4 Å². The molecule has 0 fully saturated rings. The number of carbonyl (C=O) groups is 1. The molecule has 8 heteroatoms. The number of benzene rings is 1. The zero-order valence-corrected chi connectivity index (χ0v) is 12.1. The molecule has 0 spiro atoms. The summed E-state index contributed by atoms with van der Waals surface area (Å²) in [6.45, 7) is 1.28. The average molecular weight is 312 g/mol. The van der Waals surface area contributed by atoms with E-state index in [1.165, 1.54) is 24.4 Å². The van der Waals surface area contributed by atoms with Crippen LogP contribution >= 0.6 is 0 Å². The molecule has 0 radical (unpaired) electrons. The number of hydrogen-bond acceptors (Lipinski definition) is 5. The Kier molecular flexibility index (Phi) is 4.52. The van der Waals surface area contributed by atoms with Crippen LogP contribution in [0.15, 0.2) is 41.3 Å². The average Bonchev–Trinajstić information content (AvgIpc) is 2.51. The third-order valence-corrected chi connectivity index (χ3v) is 3.17. The van der Waals surface area contributed by atoms with E-state index in [0.717, 1.165) is 4.57 Å². The van der Waals surface area contributed by atoms with Gasteiger partial charge in [0.1, 0.15) is 23.9 Å². The van der Waals surface area contributed by atoms with Crippen molar-refractivity contribution >= 4 is 17.3 Å². The van der Waals surface area contributed by atoms with E-state index in [1.807, 2.05) is 0 Å². The highest BCUT2D eigenvalue weighted by molar-refractivity contribution is 5.92. The number of rotatable bonds is 4. The maximum atomic E-state index is 12.0. The van der Waals surface area contributed by atoms with Gasteiger partial charge in [-0.15, -0.1) is 0 Å². The lowest BCUT2D eigenvalue weighted by atomic mass is 10.2. The summed E-state index contributed by atoms with van der Waals surface area (Å²) in [5.41, 5.74) is -0.290. The quantitative estimate of drug-likeness (QED) is 0.679. The van der Waals surface area contributed by atoms with Crippen molar-refractivity contribution < 1.29 is 9.72 Å². The van der Waals surface area contributed by atoms with E-state index in [-0.39, 0.29) is 23.5 Å². The fraction of sp³-hybridized carbons (Fsp3) is 0.133. The lowest BCUT2D eigenvalue weighted by Crippen LogP contribution is -2.29. The first-order valence-corrected chi connectivity index (χ1v) is 6.57. The molecule has 1 amide bonds. The number of aryl methyl sites for hydroxylation is 1. The molecule has 1 aromatic carbocycles. The molecule has 1 aromatic heterocycles. The van der Waals surface area contributed by atoms with E-state index in [1.54, 1.807) is 25.1 Å². The summed E-state index contributed by atoms with van der Waals surface area (Å²) in [6.07, 6.45) is 1.40. The Bertz CT molecular complexity index is 880. The molecule has 1 N–H and O–H groups in total. The van der Waals surface area contributed by atoms with Crippen LogP contribution in [0.2, 0.25) is 0 Å². The van der Waals surface area contributed by atoms with Crippen molar-refractivity contribution in [3.8, 4) is 6.07 Å². The van der Waals surface area contributed by atoms with Crippen LogP contribution in [0.1, 0.15) is 11.1 Å². The van der Waals surface area contributed by atoms with Crippen LogP contribution in [0.5, 0.6) is 0 Å². The molecule has 8 nitrogen and oxygen atoms in total. The van der Waals surface area contributed by atoms with E-state index in [4.69, 9.17) is 5.26 Å². The zero-order valence-electron chi connectivity index (χ0n) is 12.1. The molecule has 116 valence electrons. The maximum absolute atomic E-state index is 12.0. The van der Waals surface area contributed by atoms with Gasteiger partial charge in [-0.3, -0.25) is 19.7 Å². The van der Waals surface area contributed by atoms with Gasteiger partial charge < -0.3 is 9.88 Å². The summed E-state index contributed by atoms with van der Waals surface area (Å²) in [7, 11) is 0. The SMILES string of the molecule is Cc1ccn(CC(=O)Nc2ccccc2[N+](=O)[O-])c(=O)c1C#N. The second kappa shape index (κ2) is 6.53. The molecule has 2 rings (SSSR count). The molecule has 1 heterocycles. The molecule has 23 heavy (non-hydrogen) atoms. The number of pyridine rings is 1. The summed E-state index contributed by atoms with van der Waals surface area (Å²) in [5, 5.41) is 22.2. The third kappa shape index (κ3) is 3.41. The molecule has 0 aliphatic rings. The Hall–Kier alpha value is -3.47. The van der Waals surface area contributed by atoms with Crippen molar-refractivity contribution in [2.45, 2.75) is 13.5 Å². The number of para-hydroxylation sites is 2. The molecule has 0 aliphatic heterocycles. The second-order valence-electron chi connectivity index (χ2n) is 4.74. The van der Waals surface area contributed by atoms with Gasteiger partial charge in [-0.2, -0.15) is 5.26 Å². The highest BCUT2D eigenvalue weighted by atomic mass is 16.6. The van der Waals surface area contributed by atoms with E-state index in [9.17, 15) is 19.7 Å². The lowest BCUT2D eigenvalue weighted by Gasteiger charge is -2.08. The molecular weight excluding hydrogens is 300 g/mol. The lowest BCUT2D eigenvalue weighted by molar-refractivity contribution is -0.383. The maximum Gasteiger partial charge on any atom is 0.292 e. The number of anilines is 1. The van der Waals surface area contributed by atoms with Gasteiger partial charge in [-0.1, -0.05) is 12.1 Å². The van der Waals surface area contributed by atoms with Crippen LogP contribution in [-0.2, 0) is 11.3 Å². The molecule has 0 saturated heterocycles. The highest BCUT2D eigenvalue weighted by Gasteiger charge is 2.16. The van der Waals surface area contributed by atoms with Gasteiger partial charge in [0.25, 0.3) is 11.2 Å². The molecule has 0 atom stereocenters. The summed E-state index contributed by atoms with van der Waals surface area (Å²) in [6, 6.07) is 9.05. The van der Waals surface area contributed by atoms with Crippen molar-refractivity contribution in [3.63, 3.8) is 0 Å². The minimum absolute atomic E-state index is 0.0361. The number of aromatic nitrogens is 1. The van der Waals surface area contributed by atoms with Crippen molar-refractivity contribution in [2.24, 2.45) is 0 Å². The number of nitrogens with one attached hydrogen (secondary N) is 1. The third-order valence-electron chi connectivity index (χ3n) is 3.17. The van der Waals surface area contributed by atoms with Crippen LogP contribution < -0.4 is 10.9 Å². The fourth-order valence-electron chi connectivity index (χ4n) is 2.01. The molecule has 2 aromatic rings. The fourth-order valence-corrected chi connectivity index (χ4v) is 2.01. The first kappa shape index (κ1) is 15.9. The molecule has 0 saturated carbocycles. The van der Waals surface area contributed by atoms with E-state index < -0.39 is 16.4 Å². The summed E-state index contributed by atoms with van der Waals surface area (Å²) in [5.74, 6) is -0.603. The topological polar surface area (TPSA) is 118 Å². The predicted molar refractivity (Wildman–Crippen MR) is 81.9 cm³/mol. The van der Waals surface area contributed by atoms with Crippen LogP contribution in [-0.4, -0.2) is 15.4 Å². The monoisotopic (exact) mass is 312 g/mol. The molecular formula is C15H12N4O4. The van der Waals surface area contributed by atoms with E-state index >= 15 is 0 Å². The minimum atomic E-state index is -0.610. The van der Waals surface area contributed by atoms with E-state index in [0.29, 0.717) is 5.56 Å². The zero-order chi connectivity index (χ0) is 17.0. The Labute approximate surface area is 130 Å². The Morgan fingerprint density at radius 2 is 2.09 bits per heavy atom. The predicted octanol–water partition coefficient (Wildman–Crippen LogP) is 1.58. The number of carbonyl (C=O) groups excluding carboxylic acids is 1. The van der Waals surface area contributed by atoms with Gasteiger partial charge in [0.2, 0.25) is 5.91 Å². The van der Waals surface area contributed by atoms with Gasteiger partial charge in [-0.05, 0) is 24.6 Å². The summed E-state index contributed by atoms with van der Waals surface area (Å²) >= 11 is 0. The summed E-state index contributed by atoms with van der Waals surface area (Å²) < 4.78 is 1.08. The van der Waals surface area contributed by atoms with Crippen molar-refractivity contribution in [2.75, 3.05) is 5.32 Å². The van der Waals surface area contributed by atoms with Crippen molar-refractivity contribution in [1.29, 1.82) is 5.26 Å². The minimum Gasteiger partial charge on any atom is -0.319 e. The van der Waals surface area contributed by atoms with Gasteiger partial charge in [-0.25, -0.2) is 0 Å². The molecule has 0 unspecified atom stereocenters. The first-order chi connectivity index (χ1) is 10.9. The van der Waals surface area contributed by atoms with Crippen LogP contribution in [0.4, 0.5) is 11.4 Å². The Morgan fingerprint density at radius 3 is 2.74 bits per heavy atom. The van der Waals surface area contributed by atoms with Crippen molar-refractivity contribution in [1.82, 2.24) is 4.57 Å². The number of hydrogen-bond donors (Lipinski definition) is 1. The second-order valence-corrected chi connectivity index (χ2v) is 4.74.